The first-order valence-corrected chi connectivity index (χ1v) is 8.23. The molecule has 124 valence electrons. The number of furan rings is 1. The highest BCUT2D eigenvalue weighted by molar-refractivity contribution is 5.81. The topological polar surface area (TPSA) is 71.7 Å². The Bertz CT molecular complexity index is 673. The summed E-state index contributed by atoms with van der Waals surface area (Å²) in [5.74, 6) is 0.0818. The van der Waals surface area contributed by atoms with Crippen LogP contribution >= 0.6 is 0 Å². The van der Waals surface area contributed by atoms with Crippen molar-refractivity contribution in [3.8, 4) is 0 Å². The molecule has 2 aromatic rings. The van der Waals surface area contributed by atoms with Crippen LogP contribution in [0.3, 0.4) is 0 Å². The van der Waals surface area contributed by atoms with E-state index in [0.717, 1.165) is 36.0 Å². The lowest BCUT2D eigenvalue weighted by atomic mass is 9.92. The number of hydrogen-bond donors (Lipinski definition) is 2. The molecule has 0 aliphatic carbocycles. The summed E-state index contributed by atoms with van der Waals surface area (Å²) in [5.41, 5.74) is 2.08. The molecule has 0 radical (unpaired) electrons. The Morgan fingerprint density at radius 3 is 2.87 bits per heavy atom. The maximum Gasteiger partial charge on any atom is 0.320 e. The molecule has 23 heavy (non-hydrogen) atoms. The lowest BCUT2D eigenvalue weighted by Gasteiger charge is -2.28. The second kappa shape index (κ2) is 7.15. The zero-order valence-corrected chi connectivity index (χ0v) is 13.4. The standard InChI is InChI=1S/C18H23NO4/c1-2-12-4-3-5-14-10-15(23-17(12)14)11-19-16(18(20)21)13-6-8-22-9-7-13/h3-5,10,13,16,19H,2,6-9,11H2,1H3,(H,20,21). The van der Waals surface area contributed by atoms with Gasteiger partial charge in [0.15, 0.2) is 0 Å². The molecule has 1 atom stereocenters. The number of aliphatic carboxylic acids is 1. The van der Waals surface area contributed by atoms with Crippen LogP contribution in [-0.4, -0.2) is 30.3 Å². The van der Waals surface area contributed by atoms with Crippen molar-refractivity contribution < 1.29 is 19.1 Å². The number of aryl methyl sites for hydroxylation is 1. The summed E-state index contributed by atoms with van der Waals surface area (Å²) >= 11 is 0. The van der Waals surface area contributed by atoms with E-state index in [4.69, 9.17) is 9.15 Å². The van der Waals surface area contributed by atoms with Crippen molar-refractivity contribution in [3.63, 3.8) is 0 Å². The van der Waals surface area contributed by atoms with E-state index in [-0.39, 0.29) is 5.92 Å². The van der Waals surface area contributed by atoms with Crippen LogP contribution in [0.5, 0.6) is 0 Å². The van der Waals surface area contributed by atoms with E-state index in [1.54, 1.807) is 0 Å². The highest BCUT2D eigenvalue weighted by atomic mass is 16.5. The molecule has 1 saturated heterocycles. The number of carbonyl (C=O) groups is 1. The quantitative estimate of drug-likeness (QED) is 0.857. The minimum absolute atomic E-state index is 0.108. The van der Waals surface area contributed by atoms with Gasteiger partial charge in [-0.15, -0.1) is 0 Å². The number of para-hydroxylation sites is 1. The van der Waals surface area contributed by atoms with E-state index >= 15 is 0 Å². The van der Waals surface area contributed by atoms with Gasteiger partial charge in [0.05, 0.1) is 6.54 Å². The van der Waals surface area contributed by atoms with Crippen molar-refractivity contribution in [3.05, 3.63) is 35.6 Å². The molecule has 1 aliphatic heterocycles. The van der Waals surface area contributed by atoms with Gasteiger partial charge in [0.25, 0.3) is 0 Å². The minimum atomic E-state index is -0.803. The molecule has 0 bridgehead atoms. The largest absolute Gasteiger partial charge is 0.480 e. The third-order valence-electron chi connectivity index (χ3n) is 4.56. The lowest BCUT2D eigenvalue weighted by molar-refractivity contribution is -0.142. The van der Waals surface area contributed by atoms with Crippen LogP contribution in [-0.2, 0) is 22.5 Å². The molecule has 1 aliphatic rings. The van der Waals surface area contributed by atoms with Crippen LogP contribution in [0.25, 0.3) is 11.0 Å². The number of benzene rings is 1. The summed E-state index contributed by atoms with van der Waals surface area (Å²) in [5, 5.41) is 13.7. The molecule has 1 fully saturated rings. The number of fused-ring (bicyclic) bond motifs is 1. The third kappa shape index (κ3) is 3.57. The average Bonchev–Trinajstić information content (AvgIpc) is 2.98. The fourth-order valence-corrected chi connectivity index (χ4v) is 3.26. The van der Waals surface area contributed by atoms with E-state index in [1.165, 1.54) is 5.56 Å². The number of carboxylic acids is 1. The summed E-state index contributed by atoms with van der Waals surface area (Å²) in [6, 6.07) is 7.54. The first-order valence-electron chi connectivity index (χ1n) is 8.23. The van der Waals surface area contributed by atoms with Crippen LogP contribution in [0.4, 0.5) is 0 Å². The normalized spacial score (nSPS) is 17.4. The Balaban J connectivity index is 1.71. The summed E-state index contributed by atoms with van der Waals surface area (Å²) in [6.07, 6.45) is 2.48. The molecule has 1 aromatic heterocycles. The molecule has 0 amide bonds. The maximum atomic E-state index is 11.6. The van der Waals surface area contributed by atoms with Gasteiger partial charge in [0, 0.05) is 18.6 Å². The van der Waals surface area contributed by atoms with Crippen LogP contribution in [0.2, 0.25) is 0 Å². The first kappa shape index (κ1) is 16.0. The van der Waals surface area contributed by atoms with E-state index in [0.29, 0.717) is 19.8 Å². The molecule has 5 nitrogen and oxygen atoms in total. The molecular weight excluding hydrogens is 294 g/mol. The lowest BCUT2D eigenvalue weighted by Crippen LogP contribution is -2.44. The van der Waals surface area contributed by atoms with E-state index < -0.39 is 12.0 Å². The maximum absolute atomic E-state index is 11.6. The zero-order chi connectivity index (χ0) is 16.2. The molecule has 2 N–H and O–H groups in total. The van der Waals surface area contributed by atoms with Crippen LogP contribution in [0, 0.1) is 5.92 Å². The molecule has 1 aromatic carbocycles. The minimum Gasteiger partial charge on any atom is -0.480 e. The fraction of sp³-hybridized carbons (Fsp3) is 0.500. The van der Waals surface area contributed by atoms with E-state index in [2.05, 4.69) is 18.3 Å². The van der Waals surface area contributed by atoms with Gasteiger partial charge in [-0.05, 0) is 36.8 Å². The van der Waals surface area contributed by atoms with Crippen molar-refractivity contribution in [2.24, 2.45) is 5.92 Å². The van der Waals surface area contributed by atoms with Gasteiger partial charge in [0.1, 0.15) is 17.4 Å². The number of carboxylic acid groups (broad SMARTS) is 1. The number of nitrogens with one attached hydrogen (secondary N) is 1. The first-order chi connectivity index (χ1) is 11.2. The van der Waals surface area contributed by atoms with Crippen molar-refractivity contribution in [1.82, 2.24) is 5.32 Å². The Hall–Kier alpha value is -1.85. The Kier molecular flexibility index (Phi) is 4.98. The molecular formula is C18H23NO4. The molecule has 3 rings (SSSR count). The second-order valence-corrected chi connectivity index (χ2v) is 6.05. The summed E-state index contributed by atoms with van der Waals surface area (Å²) in [4.78, 5) is 11.6. The van der Waals surface area contributed by atoms with Gasteiger partial charge >= 0.3 is 5.97 Å². The van der Waals surface area contributed by atoms with Crippen LogP contribution in [0.1, 0.15) is 31.1 Å². The van der Waals surface area contributed by atoms with Crippen molar-refractivity contribution in [2.75, 3.05) is 13.2 Å². The fourth-order valence-electron chi connectivity index (χ4n) is 3.26. The highest BCUT2D eigenvalue weighted by Gasteiger charge is 2.29. The number of hydrogen-bond acceptors (Lipinski definition) is 4. The number of rotatable bonds is 6. The van der Waals surface area contributed by atoms with Crippen molar-refractivity contribution >= 4 is 16.9 Å². The van der Waals surface area contributed by atoms with Crippen LogP contribution in [0.15, 0.2) is 28.7 Å². The van der Waals surface area contributed by atoms with Gasteiger partial charge in [0.2, 0.25) is 0 Å². The molecule has 1 unspecified atom stereocenters. The molecule has 2 heterocycles. The predicted molar refractivity (Wildman–Crippen MR) is 87.4 cm³/mol. The van der Waals surface area contributed by atoms with Gasteiger partial charge in [-0.2, -0.15) is 0 Å². The molecule has 5 heteroatoms. The zero-order valence-electron chi connectivity index (χ0n) is 13.4. The van der Waals surface area contributed by atoms with Gasteiger partial charge < -0.3 is 14.3 Å². The summed E-state index contributed by atoms with van der Waals surface area (Å²) < 4.78 is 11.2. The van der Waals surface area contributed by atoms with Crippen LogP contribution < -0.4 is 5.32 Å². The van der Waals surface area contributed by atoms with E-state index in [9.17, 15) is 9.90 Å². The SMILES string of the molecule is CCc1cccc2cc(CNC(C(=O)O)C3CCOCC3)oc12. The smallest absolute Gasteiger partial charge is 0.320 e. The molecule has 0 saturated carbocycles. The van der Waals surface area contributed by atoms with Crippen molar-refractivity contribution in [1.29, 1.82) is 0 Å². The average molecular weight is 317 g/mol. The summed E-state index contributed by atoms with van der Waals surface area (Å²) in [7, 11) is 0. The van der Waals surface area contributed by atoms with Gasteiger partial charge in [-0.3, -0.25) is 10.1 Å². The predicted octanol–water partition coefficient (Wildman–Crippen LogP) is 2.96. The highest BCUT2D eigenvalue weighted by Crippen LogP contribution is 2.24. The molecule has 0 spiro atoms. The van der Waals surface area contributed by atoms with E-state index in [1.807, 2.05) is 18.2 Å². The van der Waals surface area contributed by atoms with Gasteiger partial charge in [-0.25, -0.2) is 0 Å². The second-order valence-electron chi connectivity index (χ2n) is 6.05. The Morgan fingerprint density at radius 2 is 2.17 bits per heavy atom. The third-order valence-corrected chi connectivity index (χ3v) is 4.56. The Labute approximate surface area is 135 Å². The van der Waals surface area contributed by atoms with Crippen molar-refractivity contribution in [2.45, 2.75) is 38.8 Å². The monoisotopic (exact) mass is 317 g/mol. The Morgan fingerprint density at radius 1 is 1.39 bits per heavy atom. The summed E-state index contributed by atoms with van der Waals surface area (Å²) in [6.45, 7) is 3.80. The van der Waals surface area contributed by atoms with Gasteiger partial charge in [-0.1, -0.05) is 25.1 Å². The number of ether oxygens (including phenoxy) is 1.